The fourth-order valence-electron chi connectivity index (χ4n) is 2.64. The van der Waals surface area contributed by atoms with E-state index in [-0.39, 0.29) is 14.5 Å². The number of rotatable bonds is 5. The molecule has 6 heteroatoms. The second kappa shape index (κ2) is 7.57. The van der Waals surface area contributed by atoms with Gasteiger partial charge in [-0.3, -0.25) is 0 Å². The summed E-state index contributed by atoms with van der Waals surface area (Å²) in [6, 6.07) is 15.4. The number of carboxylic acids is 1. The molecule has 0 atom stereocenters. The van der Waals surface area contributed by atoms with Crippen LogP contribution in [0.3, 0.4) is 0 Å². The van der Waals surface area contributed by atoms with Crippen molar-refractivity contribution in [3.05, 3.63) is 58.2 Å². The molecule has 0 unspecified atom stereocenters. The van der Waals surface area contributed by atoms with Crippen LogP contribution < -0.4 is 4.74 Å². The summed E-state index contributed by atoms with van der Waals surface area (Å²) in [6.45, 7) is 4.24. The predicted octanol–water partition coefficient (Wildman–Crippen LogP) is 3.75. The van der Waals surface area contributed by atoms with Crippen molar-refractivity contribution in [3.63, 3.8) is 0 Å². The third kappa shape index (κ3) is 3.55. The molecular weight excluding hydrogens is 395 g/mol. The molecule has 3 aromatic rings. The Balaban J connectivity index is 1.99. The van der Waals surface area contributed by atoms with E-state index in [2.05, 4.69) is 11.1 Å². The van der Waals surface area contributed by atoms with Crippen molar-refractivity contribution in [3.8, 4) is 33.1 Å². The summed E-state index contributed by atoms with van der Waals surface area (Å²) in [4.78, 5) is 15.6. The zero-order valence-electron chi connectivity index (χ0n) is 14.3. The number of carboxylic acid groups (broad SMARTS) is 1. The van der Waals surface area contributed by atoms with Gasteiger partial charge in [-0.25, -0.2) is 0 Å². The fourth-order valence-corrected chi connectivity index (χ4v) is 4.53. The number of aryl methyl sites for hydroxylation is 1. The van der Waals surface area contributed by atoms with Gasteiger partial charge in [0.1, 0.15) is 0 Å². The summed E-state index contributed by atoms with van der Waals surface area (Å²) in [5.41, 5.74) is 3.63. The number of hydrogen-bond acceptors (Lipinski definition) is 4. The van der Waals surface area contributed by atoms with E-state index in [1.54, 1.807) is 13.0 Å². The first-order chi connectivity index (χ1) is 12.5. The van der Waals surface area contributed by atoms with Crippen molar-refractivity contribution in [1.29, 1.82) is 5.26 Å². The van der Waals surface area contributed by atoms with E-state index in [9.17, 15) is 15.2 Å². The zero-order valence-corrected chi connectivity index (χ0v) is 16.0. The maximum atomic E-state index is 11.2. The van der Waals surface area contributed by atoms with Crippen LogP contribution >= 0.6 is 0 Å². The normalized spacial score (nSPS) is 10.3. The summed E-state index contributed by atoms with van der Waals surface area (Å²) in [7, 11) is 0. The van der Waals surface area contributed by atoms with Crippen molar-refractivity contribution >= 4 is 20.5 Å². The predicted molar refractivity (Wildman–Crippen MR) is 99.6 cm³/mol. The van der Waals surface area contributed by atoms with Crippen LogP contribution in [0.25, 0.3) is 21.3 Å². The standard InChI is InChI=1S/C20H16N2O3Se/c1-3-25-16-7-4-13(5-8-16)17-9-6-14(10-15(17)11-21)19-22-12(2)18(26-19)20(23)24/h4-10H,3H2,1-2H3,(H,23,24). The van der Waals surface area contributed by atoms with E-state index in [0.717, 1.165) is 27.0 Å². The molecule has 0 saturated carbocycles. The van der Waals surface area contributed by atoms with E-state index < -0.39 is 5.97 Å². The van der Waals surface area contributed by atoms with Crippen LogP contribution in [0.4, 0.5) is 0 Å². The molecule has 130 valence electrons. The number of hydrogen-bond donors (Lipinski definition) is 1. The van der Waals surface area contributed by atoms with E-state index in [4.69, 9.17) is 4.74 Å². The quantitative estimate of drug-likeness (QED) is 0.647. The van der Waals surface area contributed by atoms with Crippen LogP contribution in [0.5, 0.6) is 5.75 Å². The summed E-state index contributed by atoms with van der Waals surface area (Å²) in [5.74, 6) is -0.134. The minimum absolute atomic E-state index is 0.358. The minimum atomic E-state index is -0.923. The molecule has 0 fully saturated rings. The SMILES string of the molecule is CCOc1ccc(-c2ccc(-c3nc(C)c(C(=O)O)[se]3)cc2C#N)cc1. The van der Waals surface area contributed by atoms with Crippen LogP contribution in [-0.4, -0.2) is 37.2 Å². The van der Waals surface area contributed by atoms with Gasteiger partial charge < -0.3 is 0 Å². The van der Waals surface area contributed by atoms with Crippen LogP contribution in [0.2, 0.25) is 0 Å². The molecule has 1 heterocycles. The molecule has 0 aliphatic rings. The monoisotopic (exact) mass is 412 g/mol. The van der Waals surface area contributed by atoms with Crippen molar-refractivity contribution in [2.45, 2.75) is 13.8 Å². The van der Waals surface area contributed by atoms with Gasteiger partial charge in [0.2, 0.25) is 0 Å². The molecule has 0 bridgehead atoms. The number of aromatic nitrogens is 1. The van der Waals surface area contributed by atoms with Crippen LogP contribution in [-0.2, 0) is 0 Å². The molecule has 2 aromatic carbocycles. The molecule has 5 nitrogen and oxygen atoms in total. The number of carbonyl (C=O) groups is 1. The average molecular weight is 411 g/mol. The molecule has 0 amide bonds. The Labute approximate surface area is 157 Å². The van der Waals surface area contributed by atoms with Crippen molar-refractivity contribution < 1.29 is 14.6 Å². The van der Waals surface area contributed by atoms with Gasteiger partial charge in [-0.1, -0.05) is 0 Å². The van der Waals surface area contributed by atoms with Gasteiger partial charge in [0, 0.05) is 0 Å². The fraction of sp³-hybridized carbons (Fsp3) is 0.150. The van der Waals surface area contributed by atoms with Crippen LogP contribution in [0.1, 0.15) is 27.4 Å². The van der Waals surface area contributed by atoms with Gasteiger partial charge >= 0.3 is 157 Å². The Morgan fingerprint density at radius 3 is 2.50 bits per heavy atom. The molecule has 1 N–H and O–H groups in total. The van der Waals surface area contributed by atoms with Gasteiger partial charge in [0.15, 0.2) is 0 Å². The molecular formula is C20H16N2O3Se. The summed E-state index contributed by atoms with van der Waals surface area (Å²) in [6.07, 6.45) is 0. The first-order valence-electron chi connectivity index (χ1n) is 8.02. The summed E-state index contributed by atoms with van der Waals surface area (Å²) < 4.78 is 6.55. The first kappa shape index (κ1) is 17.9. The third-order valence-electron chi connectivity index (χ3n) is 3.85. The number of nitrogens with zero attached hydrogens (tertiary/aromatic N) is 2. The molecule has 1 aromatic heterocycles. The summed E-state index contributed by atoms with van der Waals surface area (Å²) >= 11 is -0.358. The number of ether oxygens (including phenoxy) is 1. The van der Waals surface area contributed by atoms with Crippen molar-refractivity contribution in [2.24, 2.45) is 0 Å². The Bertz CT molecular complexity index is 1000. The molecule has 26 heavy (non-hydrogen) atoms. The molecule has 0 spiro atoms. The van der Waals surface area contributed by atoms with Gasteiger partial charge in [-0.15, -0.1) is 0 Å². The second-order valence-corrected chi connectivity index (χ2v) is 7.66. The van der Waals surface area contributed by atoms with E-state index in [1.807, 2.05) is 43.3 Å². The summed E-state index contributed by atoms with van der Waals surface area (Å²) in [5, 5.41) is 18.8. The Morgan fingerprint density at radius 1 is 1.23 bits per heavy atom. The maximum absolute atomic E-state index is 11.2. The number of benzene rings is 2. The number of aromatic carboxylic acids is 1. The van der Waals surface area contributed by atoms with Gasteiger partial charge in [0.25, 0.3) is 0 Å². The van der Waals surface area contributed by atoms with Crippen molar-refractivity contribution in [1.82, 2.24) is 4.98 Å². The van der Waals surface area contributed by atoms with Gasteiger partial charge in [-0.05, 0) is 0 Å². The topological polar surface area (TPSA) is 83.2 Å². The van der Waals surface area contributed by atoms with Crippen LogP contribution in [0, 0.1) is 18.3 Å². The zero-order chi connectivity index (χ0) is 18.7. The second-order valence-electron chi connectivity index (χ2n) is 5.57. The number of nitriles is 1. The first-order valence-corrected chi connectivity index (χ1v) is 9.73. The van der Waals surface area contributed by atoms with E-state index in [0.29, 0.717) is 22.3 Å². The average Bonchev–Trinajstić information content (AvgIpc) is 3.04. The molecule has 0 radical (unpaired) electrons. The molecule has 0 saturated heterocycles. The van der Waals surface area contributed by atoms with Crippen molar-refractivity contribution in [2.75, 3.05) is 6.61 Å². The molecule has 0 aliphatic heterocycles. The Kier molecular flexibility index (Phi) is 5.22. The van der Waals surface area contributed by atoms with Gasteiger partial charge in [-0.2, -0.15) is 0 Å². The van der Waals surface area contributed by atoms with E-state index in [1.165, 1.54) is 0 Å². The van der Waals surface area contributed by atoms with Crippen LogP contribution in [0.15, 0.2) is 42.5 Å². The Morgan fingerprint density at radius 2 is 1.92 bits per heavy atom. The third-order valence-corrected chi connectivity index (χ3v) is 6.36. The van der Waals surface area contributed by atoms with Gasteiger partial charge in [0.05, 0.1) is 0 Å². The Hall–Kier alpha value is -2.87. The molecule has 3 rings (SSSR count). The molecule has 0 aliphatic carbocycles. The van der Waals surface area contributed by atoms with E-state index >= 15 is 0 Å².